The van der Waals surface area contributed by atoms with E-state index in [1.807, 2.05) is 0 Å². The molecule has 0 aliphatic rings. The minimum absolute atomic E-state index is 0.311. The van der Waals surface area contributed by atoms with Crippen molar-refractivity contribution in [2.24, 2.45) is 0 Å². The Balaban J connectivity index is 3.55. The third-order valence-corrected chi connectivity index (χ3v) is 12.4. The zero-order chi connectivity index (χ0) is 41.5. The predicted molar refractivity (Wildman–Crippen MR) is 250 cm³/mol. The van der Waals surface area contributed by atoms with Gasteiger partial charge in [0.2, 0.25) is 5.91 Å². The zero-order valence-corrected chi connectivity index (χ0v) is 38.7. The Hall–Kier alpha value is -0.910. The van der Waals surface area contributed by atoms with Crippen LogP contribution in [0.25, 0.3) is 0 Å². The Labute approximate surface area is 357 Å². The highest BCUT2D eigenvalue weighted by Crippen LogP contribution is 2.17. The molecule has 0 aromatic heterocycles. The maximum Gasteiger partial charge on any atom is 0.249 e. The highest BCUT2D eigenvalue weighted by atomic mass is 16.3. The van der Waals surface area contributed by atoms with Crippen molar-refractivity contribution in [3.63, 3.8) is 0 Å². The van der Waals surface area contributed by atoms with Gasteiger partial charge in [0.15, 0.2) is 0 Å². The molecular weight excluding hydrogens is 703 g/mol. The number of amides is 1. The summed E-state index contributed by atoms with van der Waals surface area (Å²) < 4.78 is 0. The number of unbranched alkanes of at least 4 members (excludes halogenated alkanes) is 38. The van der Waals surface area contributed by atoms with E-state index in [1.165, 1.54) is 231 Å². The molecule has 0 aromatic rings. The number of hydrogen-bond acceptors (Lipinski definition) is 4. The molecule has 0 saturated heterocycles. The molecule has 0 aliphatic carbocycles. The summed E-state index contributed by atoms with van der Waals surface area (Å²) in [6, 6.07) is -0.711. The molecule has 5 nitrogen and oxygen atoms in total. The number of allylic oxidation sites excluding steroid dienone is 2. The fraction of sp³-hybridized carbons (Fsp3) is 0.942. The van der Waals surface area contributed by atoms with Gasteiger partial charge < -0.3 is 20.6 Å². The molecule has 1 amide bonds. The summed E-state index contributed by atoms with van der Waals surface area (Å²) in [5.41, 5.74) is 0. The summed E-state index contributed by atoms with van der Waals surface area (Å²) in [4.78, 5) is 12.5. The highest BCUT2D eigenvalue weighted by molar-refractivity contribution is 5.80. The van der Waals surface area contributed by atoms with Gasteiger partial charge in [-0.15, -0.1) is 0 Å². The Kier molecular flexibility index (Phi) is 47.0. The van der Waals surface area contributed by atoms with Gasteiger partial charge in [-0.2, -0.15) is 0 Å². The van der Waals surface area contributed by atoms with E-state index in [1.54, 1.807) is 0 Å². The van der Waals surface area contributed by atoms with Crippen molar-refractivity contribution in [1.82, 2.24) is 5.32 Å². The predicted octanol–water partition coefficient (Wildman–Crippen LogP) is 15.6. The van der Waals surface area contributed by atoms with Crippen LogP contribution in [0.2, 0.25) is 0 Å². The summed E-state index contributed by atoms with van der Waals surface area (Å²) in [6.45, 7) is 4.26. The topological polar surface area (TPSA) is 89.8 Å². The molecule has 0 heterocycles. The Bertz CT molecular complexity index is 803. The van der Waals surface area contributed by atoms with Crippen LogP contribution >= 0.6 is 0 Å². The van der Waals surface area contributed by atoms with Gasteiger partial charge in [0.05, 0.1) is 18.8 Å². The Morgan fingerprint density at radius 2 is 0.667 bits per heavy atom. The Morgan fingerprint density at radius 1 is 0.404 bits per heavy atom. The SMILES string of the molecule is CCCCCCCCCCCCCC/C=C\CCCCCCCCCCC(O)C(=O)NC(CO)C(O)CCCCCCCCCCCCCCCCCCCCC. The molecule has 5 heteroatoms. The average Bonchev–Trinajstić information content (AvgIpc) is 3.22. The van der Waals surface area contributed by atoms with Crippen LogP contribution < -0.4 is 5.32 Å². The summed E-state index contributed by atoms with van der Waals surface area (Å²) in [5.74, 6) is -0.468. The molecule has 0 aromatic carbocycles. The van der Waals surface area contributed by atoms with Gasteiger partial charge >= 0.3 is 0 Å². The zero-order valence-electron chi connectivity index (χ0n) is 38.7. The highest BCUT2D eigenvalue weighted by Gasteiger charge is 2.23. The largest absolute Gasteiger partial charge is 0.394 e. The van der Waals surface area contributed by atoms with Crippen LogP contribution in [0.1, 0.15) is 290 Å². The first-order chi connectivity index (χ1) is 28.1. The molecule has 0 radical (unpaired) electrons. The van der Waals surface area contributed by atoms with Gasteiger partial charge in [0, 0.05) is 0 Å². The van der Waals surface area contributed by atoms with E-state index in [4.69, 9.17) is 0 Å². The first-order valence-electron chi connectivity index (χ1n) is 26.0. The van der Waals surface area contributed by atoms with Crippen LogP contribution in [0.3, 0.4) is 0 Å². The first kappa shape index (κ1) is 56.1. The molecule has 4 N–H and O–H groups in total. The van der Waals surface area contributed by atoms with Crippen molar-refractivity contribution in [3.05, 3.63) is 12.2 Å². The van der Waals surface area contributed by atoms with Crippen LogP contribution in [0.15, 0.2) is 12.2 Å². The minimum atomic E-state index is -1.08. The minimum Gasteiger partial charge on any atom is -0.394 e. The number of carbonyl (C=O) groups is 1. The number of nitrogens with one attached hydrogen (secondary N) is 1. The third-order valence-electron chi connectivity index (χ3n) is 12.4. The molecule has 0 bridgehead atoms. The van der Waals surface area contributed by atoms with Crippen LogP contribution in [-0.4, -0.2) is 46.1 Å². The lowest BCUT2D eigenvalue weighted by Crippen LogP contribution is -2.49. The van der Waals surface area contributed by atoms with E-state index in [-0.39, 0.29) is 6.61 Å². The second-order valence-electron chi connectivity index (χ2n) is 18.1. The summed E-state index contributed by atoms with van der Waals surface area (Å²) in [7, 11) is 0. The quantitative estimate of drug-likeness (QED) is 0.0364. The maximum absolute atomic E-state index is 12.5. The molecule has 3 atom stereocenters. The van der Waals surface area contributed by atoms with Crippen LogP contribution in [0.5, 0.6) is 0 Å². The van der Waals surface area contributed by atoms with E-state index >= 15 is 0 Å². The molecule has 57 heavy (non-hydrogen) atoms. The van der Waals surface area contributed by atoms with Crippen LogP contribution in [0.4, 0.5) is 0 Å². The molecule has 340 valence electrons. The average molecular weight is 806 g/mol. The fourth-order valence-corrected chi connectivity index (χ4v) is 8.31. The monoisotopic (exact) mass is 806 g/mol. The number of carbonyl (C=O) groups excluding carboxylic acids is 1. The smallest absolute Gasteiger partial charge is 0.249 e. The van der Waals surface area contributed by atoms with Crippen molar-refractivity contribution in [2.75, 3.05) is 6.61 Å². The second-order valence-corrected chi connectivity index (χ2v) is 18.1. The number of rotatable bonds is 48. The molecule has 0 spiro atoms. The van der Waals surface area contributed by atoms with Gasteiger partial charge in [-0.3, -0.25) is 4.79 Å². The number of hydrogen-bond donors (Lipinski definition) is 4. The van der Waals surface area contributed by atoms with Crippen molar-refractivity contribution in [3.8, 4) is 0 Å². The summed E-state index contributed by atoms with van der Waals surface area (Å²) >= 11 is 0. The maximum atomic E-state index is 12.5. The van der Waals surface area contributed by atoms with Gasteiger partial charge in [0.1, 0.15) is 6.10 Å². The molecule has 0 saturated carbocycles. The van der Waals surface area contributed by atoms with Gasteiger partial charge in [0.25, 0.3) is 0 Å². The van der Waals surface area contributed by atoms with E-state index in [0.717, 1.165) is 32.1 Å². The fourth-order valence-electron chi connectivity index (χ4n) is 8.31. The van der Waals surface area contributed by atoms with Crippen molar-refractivity contribution >= 4 is 5.91 Å². The third kappa shape index (κ3) is 43.0. The van der Waals surface area contributed by atoms with E-state index in [0.29, 0.717) is 12.8 Å². The van der Waals surface area contributed by atoms with E-state index < -0.39 is 24.2 Å². The van der Waals surface area contributed by atoms with Crippen LogP contribution in [-0.2, 0) is 4.79 Å². The van der Waals surface area contributed by atoms with Crippen LogP contribution in [0, 0.1) is 0 Å². The molecular formula is C52H103NO4. The standard InChI is InChI=1S/C52H103NO4/c1-3-5-7-9-11-13-15-17-19-21-23-24-25-26-27-29-31-33-35-37-39-41-43-45-47-51(56)52(57)53-49(48-54)50(55)46-44-42-40-38-36-34-32-30-28-22-20-18-16-14-12-10-8-6-4-2/h26-27,49-51,54-56H,3-25,28-48H2,1-2H3,(H,53,57)/b27-26-. The van der Waals surface area contributed by atoms with Gasteiger partial charge in [-0.1, -0.05) is 264 Å². The number of aliphatic hydroxyl groups excluding tert-OH is 3. The van der Waals surface area contributed by atoms with E-state index in [2.05, 4.69) is 31.3 Å². The first-order valence-corrected chi connectivity index (χ1v) is 26.0. The number of aliphatic hydroxyl groups is 3. The second kappa shape index (κ2) is 47.8. The Morgan fingerprint density at radius 3 is 0.965 bits per heavy atom. The van der Waals surface area contributed by atoms with Crippen molar-refractivity contribution < 1.29 is 20.1 Å². The van der Waals surface area contributed by atoms with Crippen molar-refractivity contribution in [1.29, 1.82) is 0 Å². The molecule has 0 fully saturated rings. The summed E-state index contributed by atoms with van der Waals surface area (Å²) in [6.07, 6.45) is 58.1. The summed E-state index contributed by atoms with van der Waals surface area (Å²) in [5, 5.41) is 33.5. The molecule has 0 aliphatic heterocycles. The van der Waals surface area contributed by atoms with Crippen molar-refractivity contribution in [2.45, 2.75) is 308 Å². The van der Waals surface area contributed by atoms with Gasteiger partial charge in [-0.05, 0) is 38.5 Å². The normalized spacial score (nSPS) is 13.4. The lowest BCUT2D eigenvalue weighted by Gasteiger charge is -2.23. The molecule has 0 rings (SSSR count). The van der Waals surface area contributed by atoms with E-state index in [9.17, 15) is 20.1 Å². The molecule has 3 unspecified atom stereocenters. The van der Waals surface area contributed by atoms with Gasteiger partial charge in [-0.25, -0.2) is 0 Å². The lowest BCUT2D eigenvalue weighted by atomic mass is 10.0. The lowest BCUT2D eigenvalue weighted by molar-refractivity contribution is -0.131.